The molecule has 1 aromatic heterocycles. The predicted molar refractivity (Wildman–Crippen MR) is 58.4 cm³/mol. The van der Waals surface area contributed by atoms with Gasteiger partial charge in [-0.15, -0.1) is 11.3 Å². The third-order valence-corrected chi connectivity index (χ3v) is 3.43. The van der Waals surface area contributed by atoms with Crippen molar-refractivity contribution in [3.05, 3.63) is 20.8 Å². The lowest BCUT2D eigenvalue weighted by Crippen LogP contribution is -2.08. The summed E-state index contributed by atoms with van der Waals surface area (Å²) in [5.41, 5.74) is 0. The van der Waals surface area contributed by atoms with Crippen LogP contribution in [0.15, 0.2) is 15.9 Å². The largest absolute Gasteiger partial charge is 0.387 e. The first-order chi connectivity index (χ1) is 7.09. The van der Waals surface area contributed by atoms with Gasteiger partial charge in [-0.25, -0.2) is 8.78 Å². The maximum Gasteiger partial charge on any atom is 0.261 e. The number of aliphatic hydroxyl groups excluding tert-OH is 1. The van der Waals surface area contributed by atoms with Gasteiger partial charge in [0.25, 0.3) is 6.43 Å². The van der Waals surface area contributed by atoms with E-state index in [9.17, 15) is 13.9 Å². The fourth-order valence-electron chi connectivity index (χ4n) is 1.02. The molecule has 0 bridgehead atoms. The number of halogens is 3. The molecule has 0 aliphatic rings. The second-order valence-corrected chi connectivity index (χ2v) is 5.41. The second-order valence-electron chi connectivity index (χ2n) is 2.91. The number of alkyl halides is 2. The molecule has 0 amide bonds. The minimum Gasteiger partial charge on any atom is -0.387 e. The van der Waals surface area contributed by atoms with Crippen LogP contribution < -0.4 is 0 Å². The zero-order chi connectivity index (χ0) is 11.3. The van der Waals surface area contributed by atoms with Crippen LogP contribution in [0.4, 0.5) is 8.78 Å². The SMILES string of the molecule is OC(CCOCC(F)F)c1ccc(Br)s1. The molecule has 15 heavy (non-hydrogen) atoms. The lowest BCUT2D eigenvalue weighted by atomic mass is 10.2. The molecule has 0 radical (unpaired) electrons. The summed E-state index contributed by atoms with van der Waals surface area (Å²) in [7, 11) is 0. The van der Waals surface area contributed by atoms with Gasteiger partial charge in [-0.1, -0.05) is 0 Å². The van der Waals surface area contributed by atoms with Crippen molar-refractivity contribution < 1.29 is 18.6 Å². The maximum absolute atomic E-state index is 11.7. The van der Waals surface area contributed by atoms with E-state index in [1.165, 1.54) is 11.3 Å². The molecule has 1 atom stereocenters. The zero-order valence-corrected chi connectivity index (χ0v) is 10.2. The van der Waals surface area contributed by atoms with Gasteiger partial charge in [0.1, 0.15) is 6.61 Å². The first-order valence-corrected chi connectivity index (χ1v) is 5.99. The molecule has 1 aromatic rings. The molecule has 2 nitrogen and oxygen atoms in total. The molecule has 86 valence electrons. The van der Waals surface area contributed by atoms with Crippen molar-refractivity contribution >= 4 is 27.3 Å². The van der Waals surface area contributed by atoms with Crippen molar-refractivity contribution in [2.24, 2.45) is 0 Å². The summed E-state index contributed by atoms with van der Waals surface area (Å²) >= 11 is 4.70. The summed E-state index contributed by atoms with van der Waals surface area (Å²) in [6.07, 6.45) is -2.75. The third-order valence-electron chi connectivity index (χ3n) is 1.70. The Balaban J connectivity index is 2.21. The summed E-state index contributed by atoms with van der Waals surface area (Å²) in [6, 6.07) is 3.63. The second kappa shape index (κ2) is 6.52. The molecule has 0 fully saturated rings. The highest BCUT2D eigenvalue weighted by molar-refractivity contribution is 9.11. The minimum absolute atomic E-state index is 0.140. The number of hydrogen-bond donors (Lipinski definition) is 1. The molecule has 0 aliphatic heterocycles. The molecule has 0 aromatic carbocycles. The summed E-state index contributed by atoms with van der Waals surface area (Å²) in [5.74, 6) is 0. The highest BCUT2D eigenvalue weighted by atomic mass is 79.9. The molecule has 1 unspecified atom stereocenters. The maximum atomic E-state index is 11.7. The minimum atomic E-state index is -2.45. The Hall–Kier alpha value is -0.0400. The molecule has 1 heterocycles. The lowest BCUT2D eigenvalue weighted by Gasteiger charge is -2.08. The van der Waals surface area contributed by atoms with Gasteiger partial charge < -0.3 is 9.84 Å². The number of thiophene rings is 1. The summed E-state index contributed by atoms with van der Waals surface area (Å²) in [5, 5.41) is 9.62. The molecular formula is C9H11BrF2O2S. The van der Waals surface area contributed by atoms with Crippen LogP contribution in [-0.4, -0.2) is 24.7 Å². The highest BCUT2D eigenvalue weighted by Gasteiger charge is 2.10. The van der Waals surface area contributed by atoms with Crippen LogP contribution in [0.3, 0.4) is 0 Å². The van der Waals surface area contributed by atoms with E-state index >= 15 is 0 Å². The molecule has 1 N–H and O–H groups in total. The van der Waals surface area contributed by atoms with Crippen LogP contribution in [-0.2, 0) is 4.74 Å². The zero-order valence-electron chi connectivity index (χ0n) is 7.83. The Kier molecular flexibility index (Phi) is 5.66. The lowest BCUT2D eigenvalue weighted by molar-refractivity contribution is 0.00515. The van der Waals surface area contributed by atoms with Gasteiger partial charge in [0, 0.05) is 17.9 Å². The number of hydrogen-bond acceptors (Lipinski definition) is 3. The first-order valence-electron chi connectivity index (χ1n) is 4.39. The fourth-order valence-corrected chi connectivity index (χ4v) is 2.46. The predicted octanol–water partition coefficient (Wildman–Crippen LogP) is 3.22. The number of aliphatic hydroxyl groups is 1. The summed E-state index contributed by atoms with van der Waals surface area (Å²) < 4.78 is 29.0. The van der Waals surface area contributed by atoms with Gasteiger partial charge in [-0.05, 0) is 28.1 Å². The highest BCUT2D eigenvalue weighted by Crippen LogP contribution is 2.28. The summed E-state index contributed by atoms with van der Waals surface area (Å²) in [4.78, 5) is 0.808. The average molecular weight is 301 g/mol. The topological polar surface area (TPSA) is 29.5 Å². The normalized spacial score (nSPS) is 13.4. The van der Waals surface area contributed by atoms with Crippen LogP contribution in [0.2, 0.25) is 0 Å². The van der Waals surface area contributed by atoms with Crippen LogP contribution >= 0.6 is 27.3 Å². The van der Waals surface area contributed by atoms with E-state index in [-0.39, 0.29) is 6.61 Å². The van der Waals surface area contributed by atoms with Gasteiger partial charge in [0.2, 0.25) is 0 Å². The Morgan fingerprint density at radius 3 is 2.73 bits per heavy atom. The van der Waals surface area contributed by atoms with Crippen molar-refractivity contribution in [2.75, 3.05) is 13.2 Å². The quantitative estimate of drug-likeness (QED) is 0.818. The van der Waals surface area contributed by atoms with Crippen LogP contribution in [0, 0.1) is 0 Å². The Morgan fingerprint density at radius 1 is 1.47 bits per heavy atom. The summed E-state index contributed by atoms with van der Waals surface area (Å²) in [6.45, 7) is -0.429. The van der Waals surface area contributed by atoms with Crippen molar-refractivity contribution in [1.29, 1.82) is 0 Å². The van der Waals surface area contributed by atoms with E-state index in [4.69, 9.17) is 0 Å². The molecule has 1 rings (SSSR count). The Labute approximate surface area is 99.0 Å². The Bertz CT molecular complexity index is 293. The monoisotopic (exact) mass is 300 g/mol. The molecular weight excluding hydrogens is 290 g/mol. The standard InChI is InChI=1S/C9H11BrF2O2S/c10-8-2-1-7(15-8)6(13)3-4-14-5-9(11)12/h1-2,6,9,13H,3-5H2. The molecule has 0 aliphatic carbocycles. The van der Waals surface area contributed by atoms with E-state index in [1.807, 2.05) is 6.07 Å². The molecule has 6 heteroatoms. The third kappa shape index (κ3) is 5.01. The van der Waals surface area contributed by atoms with E-state index in [0.717, 1.165) is 8.66 Å². The smallest absolute Gasteiger partial charge is 0.261 e. The van der Waals surface area contributed by atoms with Crippen molar-refractivity contribution in [3.8, 4) is 0 Å². The van der Waals surface area contributed by atoms with Gasteiger partial charge in [0.05, 0.1) is 9.89 Å². The van der Waals surface area contributed by atoms with Crippen LogP contribution in [0.5, 0.6) is 0 Å². The average Bonchev–Trinajstić information content (AvgIpc) is 2.59. The first kappa shape index (κ1) is 13.0. The number of ether oxygens (including phenoxy) is 1. The van der Waals surface area contributed by atoms with Crippen molar-refractivity contribution in [3.63, 3.8) is 0 Å². The Morgan fingerprint density at radius 2 is 2.20 bits per heavy atom. The van der Waals surface area contributed by atoms with Crippen molar-refractivity contribution in [2.45, 2.75) is 19.0 Å². The van der Waals surface area contributed by atoms with Crippen LogP contribution in [0.25, 0.3) is 0 Å². The van der Waals surface area contributed by atoms with Gasteiger partial charge in [0.15, 0.2) is 0 Å². The van der Waals surface area contributed by atoms with Crippen molar-refractivity contribution in [1.82, 2.24) is 0 Å². The van der Waals surface area contributed by atoms with Gasteiger partial charge >= 0.3 is 0 Å². The van der Waals surface area contributed by atoms with E-state index in [2.05, 4.69) is 20.7 Å². The molecule has 0 saturated heterocycles. The van der Waals surface area contributed by atoms with Crippen LogP contribution in [0.1, 0.15) is 17.4 Å². The van der Waals surface area contributed by atoms with E-state index in [0.29, 0.717) is 6.42 Å². The molecule has 0 saturated carbocycles. The van der Waals surface area contributed by atoms with E-state index < -0.39 is 19.1 Å². The van der Waals surface area contributed by atoms with Gasteiger partial charge in [-0.2, -0.15) is 0 Å². The van der Waals surface area contributed by atoms with Gasteiger partial charge in [-0.3, -0.25) is 0 Å². The molecule has 0 spiro atoms. The number of rotatable bonds is 6. The fraction of sp³-hybridized carbons (Fsp3) is 0.556. The van der Waals surface area contributed by atoms with E-state index in [1.54, 1.807) is 6.07 Å².